The van der Waals surface area contributed by atoms with Crippen molar-refractivity contribution in [3.05, 3.63) is 43.2 Å². The van der Waals surface area contributed by atoms with Gasteiger partial charge in [0, 0.05) is 37.5 Å². The SMILES string of the molecule is CN(Cc1csc(Br)c1)C(=O)CCNC(=O)c1ccsc1. The zero-order valence-electron chi connectivity index (χ0n) is 11.5. The molecule has 0 saturated heterocycles. The molecule has 0 unspecified atom stereocenters. The van der Waals surface area contributed by atoms with Gasteiger partial charge in [0.05, 0.1) is 3.79 Å². The Morgan fingerprint density at radius 3 is 2.81 bits per heavy atom. The Morgan fingerprint density at radius 2 is 2.19 bits per heavy atom. The molecule has 2 aromatic rings. The molecule has 0 aromatic carbocycles. The number of nitrogens with zero attached hydrogens (tertiary/aromatic N) is 1. The van der Waals surface area contributed by atoms with Gasteiger partial charge in [-0.15, -0.1) is 11.3 Å². The van der Waals surface area contributed by atoms with Crippen molar-refractivity contribution in [2.24, 2.45) is 0 Å². The lowest BCUT2D eigenvalue weighted by atomic mass is 10.3. The minimum absolute atomic E-state index is 0.0166. The van der Waals surface area contributed by atoms with Crippen LogP contribution in [0.1, 0.15) is 22.3 Å². The summed E-state index contributed by atoms with van der Waals surface area (Å²) in [5, 5.41) is 8.42. The van der Waals surface area contributed by atoms with Crippen LogP contribution in [0.2, 0.25) is 0 Å². The van der Waals surface area contributed by atoms with Gasteiger partial charge in [0.2, 0.25) is 5.91 Å². The van der Waals surface area contributed by atoms with Gasteiger partial charge in [-0.1, -0.05) is 0 Å². The van der Waals surface area contributed by atoms with Gasteiger partial charge in [-0.3, -0.25) is 9.59 Å². The van der Waals surface area contributed by atoms with E-state index in [9.17, 15) is 9.59 Å². The molecule has 0 atom stereocenters. The minimum Gasteiger partial charge on any atom is -0.351 e. The topological polar surface area (TPSA) is 49.4 Å². The van der Waals surface area contributed by atoms with Crippen molar-refractivity contribution in [1.82, 2.24) is 10.2 Å². The van der Waals surface area contributed by atoms with Gasteiger partial charge in [0.1, 0.15) is 0 Å². The number of nitrogens with one attached hydrogen (secondary N) is 1. The van der Waals surface area contributed by atoms with Crippen molar-refractivity contribution in [3.63, 3.8) is 0 Å². The molecule has 2 aromatic heterocycles. The maximum absolute atomic E-state index is 12.0. The molecule has 1 N–H and O–H groups in total. The van der Waals surface area contributed by atoms with E-state index in [1.165, 1.54) is 11.3 Å². The van der Waals surface area contributed by atoms with E-state index in [1.54, 1.807) is 34.7 Å². The molecule has 0 saturated carbocycles. The van der Waals surface area contributed by atoms with E-state index in [0.29, 0.717) is 25.1 Å². The minimum atomic E-state index is -0.131. The molecule has 0 aliphatic rings. The van der Waals surface area contributed by atoms with Crippen LogP contribution in [-0.2, 0) is 11.3 Å². The quantitative estimate of drug-likeness (QED) is 0.827. The predicted molar refractivity (Wildman–Crippen MR) is 89.8 cm³/mol. The normalized spacial score (nSPS) is 10.4. The van der Waals surface area contributed by atoms with Crippen molar-refractivity contribution in [2.75, 3.05) is 13.6 Å². The van der Waals surface area contributed by atoms with Crippen LogP contribution in [0, 0.1) is 0 Å². The Balaban J connectivity index is 1.72. The summed E-state index contributed by atoms with van der Waals surface area (Å²) in [7, 11) is 1.77. The number of rotatable bonds is 6. The summed E-state index contributed by atoms with van der Waals surface area (Å²) in [5.41, 5.74) is 1.74. The van der Waals surface area contributed by atoms with Crippen molar-refractivity contribution >= 4 is 50.4 Å². The van der Waals surface area contributed by atoms with Gasteiger partial charge in [0.25, 0.3) is 5.91 Å². The highest BCUT2D eigenvalue weighted by Gasteiger charge is 2.11. The number of carbonyl (C=O) groups is 2. The third-order valence-electron chi connectivity index (χ3n) is 2.88. The summed E-state index contributed by atoms with van der Waals surface area (Å²) in [4.78, 5) is 25.4. The number of hydrogen-bond acceptors (Lipinski definition) is 4. The second-order valence-electron chi connectivity index (χ2n) is 4.53. The molecule has 2 heterocycles. The van der Waals surface area contributed by atoms with Crippen LogP contribution < -0.4 is 5.32 Å². The molecule has 2 amide bonds. The number of halogens is 1. The second kappa shape index (κ2) is 7.72. The Morgan fingerprint density at radius 1 is 1.38 bits per heavy atom. The van der Waals surface area contributed by atoms with Crippen LogP contribution in [0.4, 0.5) is 0 Å². The van der Waals surface area contributed by atoms with Crippen LogP contribution in [-0.4, -0.2) is 30.3 Å². The largest absolute Gasteiger partial charge is 0.351 e. The highest BCUT2D eigenvalue weighted by Crippen LogP contribution is 2.21. The molecule has 0 aliphatic heterocycles. The number of carbonyl (C=O) groups excluding carboxylic acids is 2. The average Bonchev–Trinajstić information content (AvgIpc) is 3.10. The van der Waals surface area contributed by atoms with Crippen LogP contribution in [0.3, 0.4) is 0 Å². The summed E-state index contributed by atoms with van der Waals surface area (Å²) in [5.74, 6) is -0.114. The molecule has 0 bridgehead atoms. The fourth-order valence-electron chi connectivity index (χ4n) is 1.76. The summed E-state index contributed by atoms with van der Waals surface area (Å²) >= 11 is 6.48. The van der Waals surface area contributed by atoms with Gasteiger partial charge in [-0.25, -0.2) is 0 Å². The van der Waals surface area contributed by atoms with E-state index >= 15 is 0 Å². The van der Waals surface area contributed by atoms with E-state index < -0.39 is 0 Å². The van der Waals surface area contributed by atoms with Crippen LogP contribution in [0.15, 0.2) is 32.1 Å². The number of hydrogen-bond donors (Lipinski definition) is 1. The molecule has 112 valence electrons. The van der Waals surface area contributed by atoms with E-state index in [-0.39, 0.29) is 11.8 Å². The maximum atomic E-state index is 12.0. The Hall–Kier alpha value is -1.18. The monoisotopic (exact) mass is 386 g/mol. The highest BCUT2D eigenvalue weighted by molar-refractivity contribution is 9.11. The van der Waals surface area contributed by atoms with Crippen LogP contribution >= 0.6 is 38.6 Å². The molecular formula is C14H15BrN2O2S2. The van der Waals surface area contributed by atoms with Gasteiger partial charge in [-0.05, 0) is 44.4 Å². The summed E-state index contributed by atoms with van der Waals surface area (Å²) in [6.45, 7) is 0.935. The van der Waals surface area contributed by atoms with Crippen molar-refractivity contribution in [2.45, 2.75) is 13.0 Å². The Kier molecular flexibility index (Phi) is 5.96. The van der Waals surface area contributed by atoms with E-state index in [1.807, 2.05) is 16.8 Å². The summed E-state index contributed by atoms with van der Waals surface area (Å²) < 4.78 is 1.06. The zero-order chi connectivity index (χ0) is 15.2. The van der Waals surface area contributed by atoms with Crippen molar-refractivity contribution in [1.29, 1.82) is 0 Å². The first-order chi connectivity index (χ1) is 10.1. The molecule has 7 heteroatoms. The molecule has 21 heavy (non-hydrogen) atoms. The standard InChI is InChI=1S/C14H15BrN2O2S2/c1-17(7-10-6-12(15)21-8-10)13(18)2-4-16-14(19)11-3-5-20-9-11/h3,5-6,8-9H,2,4,7H2,1H3,(H,16,19). The lowest BCUT2D eigenvalue weighted by Gasteiger charge is -2.16. The smallest absolute Gasteiger partial charge is 0.252 e. The Bertz CT molecular complexity index is 610. The third kappa shape index (κ3) is 4.94. The molecule has 0 spiro atoms. The molecule has 0 aliphatic carbocycles. The van der Waals surface area contributed by atoms with E-state index in [2.05, 4.69) is 21.2 Å². The Labute approximate surface area is 139 Å². The van der Waals surface area contributed by atoms with E-state index in [4.69, 9.17) is 0 Å². The first-order valence-electron chi connectivity index (χ1n) is 6.33. The first kappa shape index (κ1) is 16.2. The van der Waals surface area contributed by atoms with Crippen molar-refractivity contribution in [3.8, 4) is 0 Å². The van der Waals surface area contributed by atoms with Crippen LogP contribution in [0.5, 0.6) is 0 Å². The molecule has 0 radical (unpaired) electrons. The highest BCUT2D eigenvalue weighted by atomic mass is 79.9. The van der Waals surface area contributed by atoms with Gasteiger partial charge in [0.15, 0.2) is 0 Å². The lowest BCUT2D eigenvalue weighted by Crippen LogP contribution is -2.31. The zero-order valence-corrected chi connectivity index (χ0v) is 14.7. The van der Waals surface area contributed by atoms with Gasteiger partial charge >= 0.3 is 0 Å². The van der Waals surface area contributed by atoms with Gasteiger partial charge in [-0.2, -0.15) is 11.3 Å². The lowest BCUT2D eigenvalue weighted by molar-refractivity contribution is -0.130. The fourth-order valence-corrected chi connectivity index (χ4v) is 3.60. The van der Waals surface area contributed by atoms with Crippen LogP contribution in [0.25, 0.3) is 0 Å². The summed E-state index contributed by atoms with van der Waals surface area (Å²) in [6, 6.07) is 3.77. The fraction of sp³-hybridized carbons (Fsp3) is 0.286. The third-order valence-corrected chi connectivity index (χ3v) is 5.11. The molecule has 2 rings (SSSR count). The number of amides is 2. The van der Waals surface area contributed by atoms with Gasteiger partial charge < -0.3 is 10.2 Å². The predicted octanol–water partition coefficient (Wildman–Crippen LogP) is 3.35. The maximum Gasteiger partial charge on any atom is 0.252 e. The molecule has 4 nitrogen and oxygen atoms in total. The molecular weight excluding hydrogens is 372 g/mol. The average molecular weight is 387 g/mol. The molecule has 0 fully saturated rings. The van der Waals surface area contributed by atoms with Crippen molar-refractivity contribution < 1.29 is 9.59 Å². The van der Waals surface area contributed by atoms with E-state index in [0.717, 1.165) is 9.35 Å². The summed E-state index contributed by atoms with van der Waals surface area (Å²) in [6.07, 6.45) is 0.303. The first-order valence-corrected chi connectivity index (χ1v) is 8.95. The second-order valence-corrected chi connectivity index (χ2v) is 7.60. The number of thiophene rings is 2.